The highest BCUT2D eigenvalue weighted by molar-refractivity contribution is 5.89. The Morgan fingerprint density at radius 3 is 2.75 bits per heavy atom. The van der Waals surface area contributed by atoms with E-state index < -0.39 is 5.97 Å². The second-order valence-corrected chi connectivity index (χ2v) is 3.63. The van der Waals surface area contributed by atoms with E-state index in [0.29, 0.717) is 5.69 Å². The molecule has 0 unspecified atom stereocenters. The number of rotatable bonds is 5. The molecule has 1 heterocycles. The van der Waals surface area contributed by atoms with Gasteiger partial charge in [0.05, 0.1) is 11.3 Å². The van der Waals surface area contributed by atoms with Gasteiger partial charge in [-0.2, -0.15) is 0 Å². The van der Waals surface area contributed by atoms with Crippen molar-refractivity contribution in [1.29, 1.82) is 0 Å². The van der Waals surface area contributed by atoms with Gasteiger partial charge in [-0.3, -0.25) is 0 Å². The Kier molecular flexibility index (Phi) is 4.25. The van der Waals surface area contributed by atoms with Crippen LogP contribution in [0.4, 0.5) is 5.82 Å². The average Bonchev–Trinajstić information content (AvgIpc) is 2.25. The lowest BCUT2D eigenvalue weighted by Gasteiger charge is -2.18. The molecule has 0 aliphatic heterocycles. The SMILES string of the molecule is CNCCN(C)c1ccc(C(=O)O)c(C)n1. The molecule has 0 spiro atoms. The Morgan fingerprint density at radius 1 is 1.56 bits per heavy atom. The number of hydrogen-bond acceptors (Lipinski definition) is 4. The van der Waals surface area contributed by atoms with Crippen LogP contribution < -0.4 is 10.2 Å². The first-order valence-electron chi connectivity index (χ1n) is 5.13. The number of likely N-dealkylation sites (N-methyl/N-ethyl adjacent to an activating group) is 2. The third-order valence-corrected chi connectivity index (χ3v) is 2.39. The van der Waals surface area contributed by atoms with Crippen molar-refractivity contribution >= 4 is 11.8 Å². The van der Waals surface area contributed by atoms with E-state index in [4.69, 9.17) is 5.11 Å². The number of aromatic carboxylic acids is 1. The highest BCUT2D eigenvalue weighted by Crippen LogP contribution is 2.13. The number of carbonyl (C=O) groups is 1. The summed E-state index contributed by atoms with van der Waals surface area (Å²) < 4.78 is 0. The van der Waals surface area contributed by atoms with Gasteiger partial charge in [0.2, 0.25) is 0 Å². The van der Waals surface area contributed by atoms with E-state index in [1.54, 1.807) is 19.1 Å². The molecule has 0 atom stereocenters. The highest BCUT2D eigenvalue weighted by atomic mass is 16.4. The number of hydrogen-bond donors (Lipinski definition) is 2. The minimum atomic E-state index is -0.936. The van der Waals surface area contributed by atoms with E-state index >= 15 is 0 Å². The number of nitrogens with one attached hydrogen (secondary N) is 1. The minimum absolute atomic E-state index is 0.255. The van der Waals surface area contributed by atoms with Crippen LogP contribution in [0.5, 0.6) is 0 Å². The Bertz CT molecular complexity index is 379. The van der Waals surface area contributed by atoms with Gasteiger partial charge in [0.1, 0.15) is 5.82 Å². The fourth-order valence-corrected chi connectivity index (χ4v) is 1.38. The van der Waals surface area contributed by atoms with Gasteiger partial charge in [0, 0.05) is 20.1 Å². The highest BCUT2D eigenvalue weighted by Gasteiger charge is 2.10. The lowest BCUT2D eigenvalue weighted by Crippen LogP contribution is -2.28. The molecule has 5 heteroatoms. The van der Waals surface area contributed by atoms with E-state index in [1.165, 1.54) is 0 Å². The number of aromatic nitrogens is 1. The summed E-state index contributed by atoms with van der Waals surface area (Å²) >= 11 is 0. The Hall–Kier alpha value is -1.62. The minimum Gasteiger partial charge on any atom is -0.478 e. The molecule has 1 aromatic rings. The first kappa shape index (κ1) is 12.4. The molecule has 1 aromatic heterocycles. The number of carboxylic acid groups (broad SMARTS) is 1. The summed E-state index contributed by atoms with van der Waals surface area (Å²) in [4.78, 5) is 17.1. The fourth-order valence-electron chi connectivity index (χ4n) is 1.38. The van der Waals surface area contributed by atoms with E-state index in [1.807, 2.05) is 19.0 Å². The van der Waals surface area contributed by atoms with Gasteiger partial charge in [0.15, 0.2) is 0 Å². The van der Waals surface area contributed by atoms with E-state index in [9.17, 15) is 4.79 Å². The van der Waals surface area contributed by atoms with Gasteiger partial charge < -0.3 is 15.3 Å². The number of anilines is 1. The Balaban J connectivity index is 2.84. The van der Waals surface area contributed by atoms with Gasteiger partial charge in [-0.15, -0.1) is 0 Å². The monoisotopic (exact) mass is 223 g/mol. The molecular formula is C11H17N3O2. The van der Waals surface area contributed by atoms with Crippen molar-refractivity contribution in [2.24, 2.45) is 0 Å². The summed E-state index contributed by atoms with van der Waals surface area (Å²) in [5, 5.41) is 11.9. The lowest BCUT2D eigenvalue weighted by atomic mass is 10.2. The first-order chi connectivity index (χ1) is 7.56. The van der Waals surface area contributed by atoms with E-state index in [-0.39, 0.29) is 5.56 Å². The van der Waals surface area contributed by atoms with Crippen molar-refractivity contribution in [2.75, 3.05) is 32.1 Å². The third-order valence-electron chi connectivity index (χ3n) is 2.39. The summed E-state index contributed by atoms with van der Waals surface area (Å²) in [6.07, 6.45) is 0. The topological polar surface area (TPSA) is 65.5 Å². The van der Waals surface area contributed by atoms with E-state index in [0.717, 1.165) is 18.9 Å². The number of carboxylic acids is 1. The van der Waals surface area contributed by atoms with Gasteiger partial charge in [-0.05, 0) is 26.1 Å². The predicted molar refractivity (Wildman–Crippen MR) is 63.1 cm³/mol. The summed E-state index contributed by atoms with van der Waals surface area (Å²) in [5.41, 5.74) is 0.798. The van der Waals surface area contributed by atoms with Crippen LogP contribution >= 0.6 is 0 Å². The van der Waals surface area contributed by atoms with E-state index in [2.05, 4.69) is 10.3 Å². The van der Waals surface area contributed by atoms with Crippen LogP contribution in [0, 0.1) is 6.92 Å². The fraction of sp³-hybridized carbons (Fsp3) is 0.455. The Labute approximate surface area is 95.1 Å². The second-order valence-electron chi connectivity index (χ2n) is 3.63. The zero-order chi connectivity index (χ0) is 12.1. The van der Waals surface area contributed by atoms with Crippen LogP contribution in [0.15, 0.2) is 12.1 Å². The second kappa shape index (κ2) is 5.46. The van der Waals surface area contributed by atoms with Crippen molar-refractivity contribution in [3.05, 3.63) is 23.4 Å². The maximum absolute atomic E-state index is 10.8. The molecule has 0 fully saturated rings. The molecule has 5 nitrogen and oxygen atoms in total. The molecule has 0 amide bonds. The lowest BCUT2D eigenvalue weighted by molar-refractivity contribution is 0.0695. The van der Waals surface area contributed by atoms with Crippen LogP contribution in [0.1, 0.15) is 16.1 Å². The number of aryl methyl sites for hydroxylation is 1. The van der Waals surface area contributed by atoms with Crippen molar-refractivity contribution in [3.63, 3.8) is 0 Å². The zero-order valence-corrected chi connectivity index (χ0v) is 9.82. The first-order valence-corrected chi connectivity index (χ1v) is 5.13. The normalized spacial score (nSPS) is 10.2. The maximum atomic E-state index is 10.8. The van der Waals surface area contributed by atoms with Gasteiger partial charge in [-0.1, -0.05) is 0 Å². The van der Waals surface area contributed by atoms with Crippen LogP contribution in [0.3, 0.4) is 0 Å². The molecule has 0 aromatic carbocycles. The molecule has 0 saturated heterocycles. The van der Waals surface area contributed by atoms with Gasteiger partial charge >= 0.3 is 5.97 Å². The summed E-state index contributed by atoms with van der Waals surface area (Å²) in [6, 6.07) is 3.32. The summed E-state index contributed by atoms with van der Waals surface area (Å²) in [6.45, 7) is 3.39. The molecule has 2 N–H and O–H groups in total. The smallest absolute Gasteiger partial charge is 0.337 e. The van der Waals surface area contributed by atoms with Crippen molar-refractivity contribution < 1.29 is 9.90 Å². The third kappa shape index (κ3) is 2.93. The van der Waals surface area contributed by atoms with Gasteiger partial charge in [-0.25, -0.2) is 9.78 Å². The number of pyridine rings is 1. The molecule has 0 radical (unpaired) electrons. The van der Waals surface area contributed by atoms with Crippen molar-refractivity contribution in [3.8, 4) is 0 Å². The quantitative estimate of drug-likeness (QED) is 0.771. The zero-order valence-electron chi connectivity index (χ0n) is 9.82. The van der Waals surface area contributed by atoms with Gasteiger partial charge in [0.25, 0.3) is 0 Å². The van der Waals surface area contributed by atoms with Crippen molar-refractivity contribution in [2.45, 2.75) is 6.92 Å². The largest absolute Gasteiger partial charge is 0.478 e. The standard InChI is InChI=1S/C11H17N3O2/c1-8-9(11(15)16)4-5-10(13-8)14(3)7-6-12-2/h4-5,12H,6-7H2,1-3H3,(H,15,16). The van der Waals surface area contributed by atoms with Crippen LogP contribution in [0.2, 0.25) is 0 Å². The molecular weight excluding hydrogens is 206 g/mol. The van der Waals surface area contributed by atoms with Crippen LogP contribution in [0.25, 0.3) is 0 Å². The molecule has 0 aliphatic carbocycles. The average molecular weight is 223 g/mol. The van der Waals surface area contributed by atoms with Crippen LogP contribution in [-0.2, 0) is 0 Å². The molecule has 0 saturated carbocycles. The van der Waals surface area contributed by atoms with Crippen molar-refractivity contribution in [1.82, 2.24) is 10.3 Å². The number of nitrogens with zero attached hydrogens (tertiary/aromatic N) is 2. The Morgan fingerprint density at radius 2 is 2.25 bits per heavy atom. The van der Waals surface area contributed by atoms with Crippen LogP contribution in [-0.4, -0.2) is 43.2 Å². The molecule has 88 valence electrons. The molecule has 0 aliphatic rings. The predicted octanol–water partition coefficient (Wildman–Crippen LogP) is 0.744. The maximum Gasteiger partial charge on any atom is 0.337 e. The summed E-state index contributed by atoms with van der Waals surface area (Å²) in [5.74, 6) is -0.146. The molecule has 0 bridgehead atoms. The summed E-state index contributed by atoms with van der Waals surface area (Å²) in [7, 11) is 3.82. The molecule has 16 heavy (non-hydrogen) atoms. The molecule has 1 rings (SSSR count).